The first-order valence-electron chi connectivity index (χ1n) is 16.8. The number of amides is 1. The third kappa shape index (κ3) is 9.37. The first kappa shape index (κ1) is 36.7. The monoisotopic (exact) mass is 712 g/mol. The van der Waals surface area contributed by atoms with E-state index in [1.807, 2.05) is 32.9 Å². The molecule has 0 atom stereocenters. The standard InChI is InChI=1S/C20H27ClN4O3.C15H19ClN4O/c1-20(2,3)25(19(27)28)15-8-10-23(11-9-15)12-13-24-17(26)7-5-14-4-6-16(21)22-18(14)24;16-13-3-1-11-2-4-14(21)20(15(11)18-13)10-9-19-7-5-12(17)6-8-19/h4-7,15H,8-13H2,1-3H3,(H,27,28);1-4,12H,5-10,17H2. The van der Waals surface area contributed by atoms with Crippen LogP contribution in [-0.4, -0.2) is 102 Å². The molecule has 0 bridgehead atoms. The van der Waals surface area contributed by atoms with Gasteiger partial charge in [0.15, 0.2) is 0 Å². The average molecular weight is 714 g/mol. The van der Waals surface area contributed by atoms with Gasteiger partial charge in [-0.1, -0.05) is 23.2 Å². The van der Waals surface area contributed by atoms with Gasteiger partial charge in [0.2, 0.25) is 0 Å². The van der Waals surface area contributed by atoms with Crippen LogP contribution in [0.5, 0.6) is 0 Å². The number of likely N-dealkylation sites (tertiary alicyclic amines) is 2. The Morgan fingerprint density at radius 1 is 0.755 bits per heavy atom. The van der Waals surface area contributed by atoms with E-state index in [4.69, 9.17) is 28.9 Å². The molecule has 2 aliphatic heterocycles. The molecule has 2 fully saturated rings. The number of aromatic nitrogens is 4. The van der Waals surface area contributed by atoms with Gasteiger partial charge in [0.1, 0.15) is 21.6 Å². The molecule has 0 aromatic carbocycles. The van der Waals surface area contributed by atoms with Crippen molar-refractivity contribution in [3.05, 3.63) is 79.5 Å². The van der Waals surface area contributed by atoms with Gasteiger partial charge in [-0.15, -0.1) is 0 Å². The highest BCUT2D eigenvalue weighted by molar-refractivity contribution is 6.30. The Kier molecular flexibility index (Phi) is 12.0. The molecule has 0 radical (unpaired) electrons. The molecule has 3 N–H and O–H groups in total. The fourth-order valence-electron chi connectivity index (χ4n) is 6.76. The number of pyridine rings is 4. The maximum Gasteiger partial charge on any atom is 0.407 e. The number of carbonyl (C=O) groups is 1. The topological polar surface area (TPSA) is 143 Å². The van der Waals surface area contributed by atoms with Crippen molar-refractivity contribution in [2.75, 3.05) is 39.3 Å². The Hall–Kier alpha value is -3.55. The molecule has 1 amide bonds. The zero-order valence-corrected chi connectivity index (χ0v) is 29.9. The zero-order chi connectivity index (χ0) is 35.3. The summed E-state index contributed by atoms with van der Waals surface area (Å²) in [5.74, 6) is 0. The van der Waals surface area contributed by atoms with Crippen LogP contribution in [0.4, 0.5) is 4.79 Å². The van der Waals surface area contributed by atoms with Crippen molar-refractivity contribution in [3.63, 3.8) is 0 Å². The van der Waals surface area contributed by atoms with Gasteiger partial charge < -0.3 is 25.5 Å². The normalized spacial score (nSPS) is 16.9. The van der Waals surface area contributed by atoms with Crippen LogP contribution in [0.25, 0.3) is 22.1 Å². The van der Waals surface area contributed by atoms with Crippen molar-refractivity contribution in [1.82, 2.24) is 33.8 Å². The van der Waals surface area contributed by atoms with Crippen LogP contribution < -0.4 is 16.9 Å². The predicted molar refractivity (Wildman–Crippen MR) is 195 cm³/mol. The van der Waals surface area contributed by atoms with Crippen LogP contribution in [0.2, 0.25) is 10.3 Å². The minimum absolute atomic E-state index is 0.0227. The Labute approximate surface area is 296 Å². The number of rotatable bonds is 7. The summed E-state index contributed by atoms with van der Waals surface area (Å²) in [4.78, 5) is 50.9. The molecule has 0 spiro atoms. The number of hydrogen-bond donors (Lipinski definition) is 2. The number of hydrogen-bond acceptors (Lipinski definition) is 8. The summed E-state index contributed by atoms with van der Waals surface area (Å²) in [7, 11) is 0. The quantitative estimate of drug-likeness (QED) is 0.259. The average Bonchev–Trinajstić information content (AvgIpc) is 3.05. The molecule has 2 aliphatic rings. The van der Waals surface area contributed by atoms with Crippen molar-refractivity contribution in [2.45, 2.75) is 77.2 Å². The SMILES string of the molecule is CC(C)(C)N(C(=O)O)C1CCN(CCn2c(=O)ccc3ccc(Cl)nc32)CC1.NC1CCN(CCn2c(=O)ccc3ccc(Cl)nc32)CC1. The van der Waals surface area contributed by atoms with E-state index in [-0.39, 0.29) is 17.2 Å². The lowest BCUT2D eigenvalue weighted by atomic mass is 9.97. The summed E-state index contributed by atoms with van der Waals surface area (Å²) in [5, 5.41) is 12.2. The summed E-state index contributed by atoms with van der Waals surface area (Å²) in [6, 6.07) is 14.2. The van der Waals surface area contributed by atoms with Crippen molar-refractivity contribution >= 4 is 51.4 Å². The van der Waals surface area contributed by atoms with Gasteiger partial charge in [-0.25, -0.2) is 14.8 Å². The van der Waals surface area contributed by atoms with E-state index in [9.17, 15) is 19.5 Å². The minimum atomic E-state index is -0.865. The van der Waals surface area contributed by atoms with E-state index >= 15 is 0 Å². The molecule has 4 aromatic heterocycles. The number of halogens is 2. The van der Waals surface area contributed by atoms with Crippen molar-refractivity contribution in [3.8, 4) is 0 Å². The highest BCUT2D eigenvalue weighted by Crippen LogP contribution is 2.25. The second-order valence-electron chi connectivity index (χ2n) is 13.8. The van der Waals surface area contributed by atoms with Crippen LogP contribution in [0.1, 0.15) is 46.5 Å². The molecule has 4 aromatic rings. The fraction of sp³-hybridized carbons (Fsp3) is 0.514. The highest BCUT2D eigenvalue weighted by Gasteiger charge is 2.35. The Morgan fingerprint density at radius 3 is 1.57 bits per heavy atom. The number of nitrogens with zero attached hydrogens (tertiary/aromatic N) is 7. The van der Waals surface area contributed by atoms with Crippen LogP contribution >= 0.6 is 23.2 Å². The second-order valence-corrected chi connectivity index (χ2v) is 14.6. The Bertz CT molecular complexity index is 1880. The van der Waals surface area contributed by atoms with Gasteiger partial charge in [0.05, 0.1) is 0 Å². The van der Waals surface area contributed by atoms with Gasteiger partial charge in [-0.05, 0) is 95.9 Å². The number of piperidine rings is 2. The zero-order valence-electron chi connectivity index (χ0n) is 28.4. The summed E-state index contributed by atoms with van der Waals surface area (Å²) in [6.07, 6.45) is 2.76. The van der Waals surface area contributed by atoms with E-state index < -0.39 is 11.6 Å². The third-order valence-electron chi connectivity index (χ3n) is 9.36. The third-order valence-corrected chi connectivity index (χ3v) is 9.78. The van der Waals surface area contributed by atoms with Crippen LogP contribution in [0, 0.1) is 0 Å². The molecule has 12 nitrogen and oxygen atoms in total. The Balaban J connectivity index is 0.000000199. The van der Waals surface area contributed by atoms with Crippen LogP contribution in [0.15, 0.2) is 58.1 Å². The lowest BCUT2D eigenvalue weighted by Gasteiger charge is -2.43. The van der Waals surface area contributed by atoms with E-state index in [2.05, 4.69) is 19.8 Å². The summed E-state index contributed by atoms with van der Waals surface area (Å²) in [6.45, 7) is 12.1. The van der Waals surface area contributed by atoms with Gasteiger partial charge in [0.25, 0.3) is 11.1 Å². The number of fused-ring (bicyclic) bond motifs is 2. The molecular formula is C35H46Cl2N8O4. The smallest absolute Gasteiger partial charge is 0.407 e. The molecule has 14 heteroatoms. The molecule has 6 rings (SSSR count). The van der Waals surface area contributed by atoms with Gasteiger partial charge in [-0.3, -0.25) is 18.7 Å². The molecule has 0 unspecified atom stereocenters. The van der Waals surface area contributed by atoms with Crippen molar-refractivity contribution in [2.24, 2.45) is 5.73 Å². The number of carboxylic acid groups (broad SMARTS) is 1. The lowest BCUT2D eigenvalue weighted by molar-refractivity contribution is 0.0417. The summed E-state index contributed by atoms with van der Waals surface area (Å²) in [5.41, 5.74) is 6.62. The minimum Gasteiger partial charge on any atom is -0.465 e. The molecule has 0 saturated carbocycles. The molecule has 2 saturated heterocycles. The molecule has 49 heavy (non-hydrogen) atoms. The van der Waals surface area contributed by atoms with Crippen LogP contribution in [0.3, 0.4) is 0 Å². The van der Waals surface area contributed by atoms with Gasteiger partial charge in [-0.2, -0.15) is 0 Å². The van der Waals surface area contributed by atoms with Gasteiger partial charge in [0, 0.05) is 79.8 Å². The lowest BCUT2D eigenvalue weighted by Crippen LogP contribution is -2.54. The largest absolute Gasteiger partial charge is 0.465 e. The predicted octanol–water partition coefficient (Wildman–Crippen LogP) is 4.77. The molecular weight excluding hydrogens is 667 g/mol. The van der Waals surface area contributed by atoms with Crippen LogP contribution in [-0.2, 0) is 13.1 Å². The van der Waals surface area contributed by atoms with Crippen molar-refractivity contribution < 1.29 is 9.90 Å². The Morgan fingerprint density at radius 2 is 1.16 bits per heavy atom. The maximum absolute atomic E-state index is 12.3. The van der Waals surface area contributed by atoms with E-state index in [0.717, 1.165) is 69.2 Å². The number of nitrogens with two attached hydrogens (primary N) is 1. The van der Waals surface area contributed by atoms with Crippen molar-refractivity contribution in [1.29, 1.82) is 0 Å². The molecule has 6 heterocycles. The van der Waals surface area contributed by atoms with E-state index in [1.54, 1.807) is 50.4 Å². The molecule has 264 valence electrons. The second kappa shape index (κ2) is 16.0. The first-order chi connectivity index (χ1) is 23.3. The summed E-state index contributed by atoms with van der Waals surface area (Å²) >= 11 is 12.0. The van der Waals surface area contributed by atoms with Gasteiger partial charge >= 0.3 is 6.09 Å². The van der Waals surface area contributed by atoms with E-state index in [0.29, 0.717) is 47.3 Å². The molecule has 0 aliphatic carbocycles. The highest BCUT2D eigenvalue weighted by atomic mass is 35.5. The van der Waals surface area contributed by atoms with E-state index in [1.165, 1.54) is 0 Å². The summed E-state index contributed by atoms with van der Waals surface area (Å²) < 4.78 is 3.36. The first-order valence-corrected chi connectivity index (χ1v) is 17.6. The maximum atomic E-state index is 12.3. The fourth-order valence-corrected chi connectivity index (χ4v) is 7.05.